The van der Waals surface area contributed by atoms with Gasteiger partial charge in [0.15, 0.2) is 0 Å². The molecule has 0 unspecified atom stereocenters. The van der Waals surface area contributed by atoms with Gasteiger partial charge in [-0.05, 0) is 25.4 Å². The second-order valence-electron chi connectivity index (χ2n) is 7.21. The average Bonchev–Trinajstić information content (AvgIpc) is 3.22. The van der Waals surface area contributed by atoms with Gasteiger partial charge in [0.25, 0.3) is 5.91 Å². The zero-order chi connectivity index (χ0) is 18.8. The van der Waals surface area contributed by atoms with Crippen molar-refractivity contribution < 1.29 is 4.79 Å². The first-order valence-electron chi connectivity index (χ1n) is 9.46. The van der Waals surface area contributed by atoms with Gasteiger partial charge in [-0.1, -0.05) is 0 Å². The van der Waals surface area contributed by atoms with E-state index in [0.717, 1.165) is 75.4 Å². The lowest BCUT2D eigenvalue weighted by Crippen LogP contribution is -2.49. The van der Waals surface area contributed by atoms with Crippen LogP contribution in [0.25, 0.3) is 0 Å². The molecule has 2 aliphatic rings. The number of carbonyl (C=O) groups excluding carboxylic acids is 1. The zero-order valence-corrected chi connectivity index (χ0v) is 16.8. The van der Waals surface area contributed by atoms with Crippen LogP contribution in [0.15, 0.2) is 22.9 Å². The Morgan fingerprint density at radius 1 is 0.963 bits per heavy atom. The molecular weight excluding hydrogens is 360 g/mol. The number of aromatic nitrogens is 2. The number of thiophene rings is 1. The van der Waals surface area contributed by atoms with Crippen LogP contribution in [0.2, 0.25) is 0 Å². The predicted molar refractivity (Wildman–Crippen MR) is 109 cm³/mol. The Labute approximate surface area is 164 Å². The fourth-order valence-electron chi connectivity index (χ4n) is 3.60. The van der Waals surface area contributed by atoms with Crippen molar-refractivity contribution in [1.29, 1.82) is 0 Å². The van der Waals surface area contributed by atoms with Gasteiger partial charge in [-0.3, -0.25) is 4.79 Å². The van der Waals surface area contributed by atoms with Crippen LogP contribution in [-0.2, 0) is 0 Å². The monoisotopic (exact) mass is 386 g/mol. The second kappa shape index (κ2) is 7.82. The molecule has 2 aliphatic heterocycles. The standard InChI is InChI=1S/C19H26N6OS/c1-15-20-17(23-6-4-22(2)5-7-23)13-18(21-15)24-8-10-25(11-9-24)19(26)16-3-12-27-14-16/h3,12-14H,4-11H2,1-2H3. The number of hydrogen-bond donors (Lipinski definition) is 0. The van der Waals surface area contributed by atoms with Gasteiger partial charge in [0, 0.05) is 63.8 Å². The van der Waals surface area contributed by atoms with Crippen LogP contribution in [0.1, 0.15) is 16.2 Å². The number of anilines is 2. The summed E-state index contributed by atoms with van der Waals surface area (Å²) < 4.78 is 0. The van der Waals surface area contributed by atoms with Gasteiger partial charge in [-0.25, -0.2) is 9.97 Å². The highest BCUT2D eigenvalue weighted by Crippen LogP contribution is 2.22. The molecule has 2 aromatic heterocycles. The van der Waals surface area contributed by atoms with Crippen molar-refractivity contribution in [2.45, 2.75) is 6.92 Å². The smallest absolute Gasteiger partial charge is 0.254 e. The molecule has 7 nitrogen and oxygen atoms in total. The summed E-state index contributed by atoms with van der Waals surface area (Å²) in [5.41, 5.74) is 0.795. The van der Waals surface area contributed by atoms with E-state index >= 15 is 0 Å². The summed E-state index contributed by atoms with van der Waals surface area (Å²) in [7, 11) is 2.16. The molecule has 27 heavy (non-hydrogen) atoms. The van der Waals surface area contributed by atoms with Crippen molar-refractivity contribution in [3.05, 3.63) is 34.3 Å². The largest absolute Gasteiger partial charge is 0.354 e. The van der Waals surface area contributed by atoms with Crippen LogP contribution >= 0.6 is 11.3 Å². The fraction of sp³-hybridized carbons (Fsp3) is 0.526. The number of likely N-dealkylation sites (N-methyl/N-ethyl adjacent to an activating group) is 1. The van der Waals surface area contributed by atoms with Gasteiger partial charge in [0.2, 0.25) is 0 Å². The summed E-state index contributed by atoms with van der Waals surface area (Å²) in [6.07, 6.45) is 0. The number of hydrogen-bond acceptors (Lipinski definition) is 7. The second-order valence-corrected chi connectivity index (χ2v) is 7.99. The lowest BCUT2D eigenvalue weighted by atomic mass is 10.2. The highest BCUT2D eigenvalue weighted by molar-refractivity contribution is 7.08. The molecule has 4 rings (SSSR count). The number of piperazine rings is 2. The topological polar surface area (TPSA) is 55.8 Å². The molecule has 1 amide bonds. The van der Waals surface area contributed by atoms with E-state index in [-0.39, 0.29) is 5.91 Å². The minimum atomic E-state index is 0.132. The number of rotatable bonds is 3. The minimum absolute atomic E-state index is 0.132. The first-order chi connectivity index (χ1) is 13.1. The highest BCUT2D eigenvalue weighted by atomic mass is 32.1. The highest BCUT2D eigenvalue weighted by Gasteiger charge is 2.24. The molecule has 0 N–H and O–H groups in total. The maximum absolute atomic E-state index is 12.5. The maximum atomic E-state index is 12.5. The molecule has 0 aromatic carbocycles. The maximum Gasteiger partial charge on any atom is 0.254 e. The van der Waals surface area contributed by atoms with Crippen LogP contribution in [0, 0.1) is 6.92 Å². The van der Waals surface area contributed by atoms with E-state index in [0.29, 0.717) is 0 Å². The van der Waals surface area contributed by atoms with Crippen molar-refractivity contribution in [2.75, 3.05) is 69.2 Å². The van der Waals surface area contributed by atoms with Gasteiger partial charge < -0.3 is 19.6 Å². The molecule has 4 heterocycles. The third-order valence-electron chi connectivity index (χ3n) is 5.30. The quantitative estimate of drug-likeness (QED) is 0.798. The molecule has 2 fully saturated rings. The van der Waals surface area contributed by atoms with Crippen LogP contribution in [0.5, 0.6) is 0 Å². The lowest BCUT2D eigenvalue weighted by Gasteiger charge is -2.36. The molecule has 0 aliphatic carbocycles. The van der Waals surface area contributed by atoms with Crippen molar-refractivity contribution in [3.63, 3.8) is 0 Å². The van der Waals surface area contributed by atoms with Crippen molar-refractivity contribution >= 4 is 28.9 Å². The molecule has 2 saturated heterocycles. The van der Waals surface area contributed by atoms with E-state index in [1.54, 1.807) is 11.3 Å². The van der Waals surface area contributed by atoms with Gasteiger partial charge in [-0.15, -0.1) is 0 Å². The van der Waals surface area contributed by atoms with Gasteiger partial charge >= 0.3 is 0 Å². The van der Waals surface area contributed by atoms with Crippen LogP contribution in [-0.4, -0.2) is 85.1 Å². The van der Waals surface area contributed by atoms with Crippen molar-refractivity contribution in [2.24, 2.45) is 0 Å². The van der Waals surface area contributed by atoms with Crippen LogP contribution in [0.4, 0.5) is 11.6 Å². The Kier molecular flexibility index (Phi) is 5.27. The summed E-state index contributed by atoms with van der Waals surface area (Å²) >= 11 is 1.56. The first kappa shape index (κ1) is 18.2. The number of aryl methyl sites for hydroxylation is 1. The molecule has 0 saturated carbocycles. The average molecular weight is 387 g/mol. The molecule has 2 aromatic rings. The Bertz CT molecular complexity index is 780. The Balaban J connectivity index is 1.43. The van der Waals surface area contributed by atoms with E-state index in [1.165, 1.54) is 0 Å². The molecule has 0 spiro atoms. The van der Waals surface area contributed by atoms with E-state index in [1.807, 2.05) is 28.7 Å². The molecule has 0 radical (unpaired) electrons. The summed E-state index contributed by atoms with van der Waals surface area (Å²) in [5, 5.41) is 3.87. The van der Waals surface area contributed by atoms with Crippen molar-refractivity contribution in [1.82, 2.24) is 19.8 Å². The summed E-state index contributed by atoms with van der Waals surface area (Å²) in [5.74, 6) is 2.92. The van der Waals surface area contributed by atoms with E-state index < -0.39 is 0 Å². The summed E-state index contributed by atoms with van der Waals surface area (Å²) in [4.78, 5) is 30.7. The first-order valence-corrected chi connectivity index (χ1v) is 10.4. The summed E-state index contributed by atoms with van der Waals surface area (Å²) in [6.45, 7) is 9.11. The zero-order valence-electron chi connectivity index (χ0n) is 16.0. The van der Waals surface area contributed by atoms with Gasteiger partial charge in [-0.2, -0.15) is 11.3 Å². The van der Waals surface area contributed by atoms with Gasteiger partial charge in [0.1, 0.15) is 17.5 Å². The van der Waals surface area contributed by atoms with Crippen molar-refractivity contribution in [3.8, 4) is 0 Å². The number of amides is 1. The van der Waals surface area contributed by atoms with Gasteiger partial charge in [0.05, 0.1) is 5.56 Å². The van der Waals surface area contributed by atoms with E-state index in [4.69, 9.17) is 0 Å². The van der Waals surface area contributed by atoms with Crippen LogP contribution < -0.4 is 9.80 Å². The SMILES string of the molecule is Cc1nc(N2CCN(C)CC2)cc(N2CCN(C(=O)c3ccsc3)CC2)n1. The Hall–Kier alpha value is -2.19. The van der Waals surface area contributed by atoms with E-state index in [2.05, 4.69) is 37.8 Å². The Morgan fingerprint density at radius 2 is 1.56 bits per heavy atom. The lowest BCUT2D eigenvalue weighted by molar-refractivity contribution is 0.0747. The van der Waals surface area contributed by atoms with E-state index in [9.17, 15) is 4.79 Å². The third-order valence-corrected chi connectivity index (χ3v) is 5.98. The normalized spacial score (nSPS) is 18.8. The molecule has 0 atom stereocenters. The number of nitrogens with zero attached hydrogens (tertiary/aromatic N) is 6. The summed E-state index contributed by atoms with van der Waals surface area (Å²) in [6, 6.07) is 4.00. The number of carbonyl (C=O) groups is 1. The third kappa shape index (κ3) is 4.06. The Morgan fingerprint density at radius 3 is 2.11 bits per heavy atom. The molecule has 0 bridgehead atoms. The fourth-order valence-corrected chi connectivity index (χ4v) is 4.23. The molecular formula is C19H26N6OS. The minimum Gasteiger partial charge on any atom is -0.354 e. The molecule has 144 valence electrons. The predicted octanol–water partition coefficient (Wildman–Crippen LogP) is 1.56. The molecule has 8 heteroatoms. The van der Waals surface area contributed by atoms with Crippen LogP contribution in [0.3, 0.4) is 0 Å².